The molecule has 34 heavy (non-hydrogen) atoms. The van der Waals surface area contributed by atoms with Gasteiger partial charge in [-0.1, -0.05) is 43.3 Å². The van der Waals surface area contributed by atoms with Gasteiger partial charge in [0.1, 0.15) is 17.5 Å². The van der Waals surface area contributed by atoms with Crippen LogP contribution in [0.1, 0.15) is 36.5 Å². The molecule has 2 N–H and O–H groups in total. The van der Waals surface area contributed by atoms with Crippen molar-refractivity contribution in [2.45, 2.75) is 39.4 Å². The van der Waals surface area contributed by atoms with Crippen LogP contribution in [0.15, 0.2) is 54.6 Å². The van der Waals surface area contributed by atoms with E-state index in [0.717, 1.165) is 49.8 Å². The van der Waals surface area contributed by atoms with E-state index in [1.165, 1.54) is 29.7 Å². The van der Waals surface area contributed by atoms with Crippen molar-refractivity contribution in [2.75, 3.05) is 28.2 Å². The fourth-order valence-electron chi connectivity index (χ4n) is 4.62. The van der Waals surface area contributed by atoms with Gasteiger partial charge in [0.2, 0.25) is 5.95 Å². The quantitative estimate of drug-likeness (QED) is 0.510. The summed E-state index contributed by atoms with van der Waals surface area (Å²) >= 11 is 5.51. The van der Waals surface area contributed by atoms with Crippen molar-refractivity contribution < 1.29 is 4.39 Å². The first-order valence-electron chi connectivity index (χ1n) is 11.8. The molecule has 5 rings (SSSR count). The van der Waals surface area contributed by atoms with Crippen LogP contribution in [0.2, 0.25) is 0 Å². The highest BCUT2D eigenvalue weighted by atomic mass is 32.1. The van der Waals surface area contributed by atoms with Crippen LogP contribution in [-0.4, -0.2) is 28.2 Å². The molecule has 0 radical (unpaired) electrons. The maximum atomic E-state index is 13.2. The molecule has 1 atom stereocenters. The predicted molar refractivity (Wildman–Crippen MR) is 138 cm³/mol. The van der Waals surface area contributed by atoms with Crippen molar-refractivity contribution in [1.82, 2.24) is 15.3 Å². The number of fused-ring (bicyclic) bond motifs is 1. The molecule has 2 aromatic carbocycles. The lowest BCUT2D eigenvalue weighted by molar-refractivity contribution is 0.444. The first kappa shape index (κ1) is 22.5. The smallest absolute Gasteiger partial charge is 0.232 e. The van der Waals surface area contributed by atoms with E-state index in [0.29, 0.717) is 23.5 Å². The lowest BCUT2D eigenvalue weighted by Crippen LogP contribution is -2.35. The third-order valence-electron chi connectivity index (χ3n) is 6.44. The first-order valence-corrected chi connectivity index (χ1v) is 12.2. The van der Waals surface area contributed by atoms with Crippen LogP contribution in [0.3, 0.4) is 0 Å². The van der Waals surface area contributed by atoms with Gasteiger partial charge < -0.3 is 20.4 Å². The number of thiocarbonyl (C=S) groups is 1. The molecule has 0 aliphatic carbocycles. The highest BCUT2D eigenvalue weighted by molar-refractivity contribution is 7.80. The van der Waals surface area contributed by atoms with Crippen LogP contribution >= 0.6 is 12.2 Å². The molecular weight excluding hydrogens is 447 g/mol. The van der Waals surface area contributed by atoms with E-state index >= 15 is 0 Å². The van der Waals surface area contributed by atoms with Crippen molar-refractivity contribution >= 4 is 34.9 Å². The fraction of sp³-hybridized carbons (Fsp3) is 0.346. The van der Waals surface area contributed by atoms with Gasteiger partial charge in [-0.05, 0) is 59.8 Å². The van der Waals surface area contributed by atoms with Crippen molar-refractivity contribution in [1.29, 1.82) is 0 Å². The second-order valence-corrected chi connectivity index (χ2v) is 9.57. The molecule has 1 fully saturated rings. The molecule has 3 heterocycles. The van der Waals surface area contributed by atoms with Gasteiger partial charge in [0.15, 0.2) is 5.11 Å². The van der Waals surface area contributed by atoms with Gasteiger partial charge in [-0.2, -0.15) is 9.97 Å². The average Bonchev–Trinajstić information content (AvgIpc) is 3.28. The maximum absolute atomic E-state index is 13.2. The Hall–Kier alpha value is -3.26. The molecule has 2 aliphatic rings. The molecule has 0 amide bonds. The van der Waals surface area contributed by atoms with Crippen LogP contribution in [0.4, 0.5) is 22.0 Å². The molecule has 0 spiro atoms. The molecule has 176 valence electrons. The molecule has 1 saturated heterocycles. The Bertz CT molecular complexity index is 1140. The lowest BCUT2D eigenvalue weighted by Gasteiger charge is -2.32. The van der Waals surface area contributed by atoms with Crippen LogP contribution < -0.4 is 20.4 Å². The zero-order valence-electron chi connectivity index (χ0n) is 19.3. The average molecular weight is 477 g/mol. The van der Waals surface area contributed by atoms with Gasteiger partial charge in [0, 0.05) is 38.8 Å². The number of benzene rings is 2. The molecule has 0 unspecified atom stereocenters. The summed E-state index contributed by atoms with van der Waals surface area (Å²) in [6.07, 6.45) is 2.41. The van der Waals surface area contributed by atoms with Crippen molar-refractivity contribution in [3.63, 3.8) is 0 Å². The van der Waals surface area contributed by atoms with Crippen LogP contribution in [0.25, 0.3) is 0 Å². The Morgan fingerprint density at radius 1 is 1.03 bits per heavy atom. The minimum Gasteiger partial charge on any atom is -0.358 e. The first-order chi connectivity index (χ1) is 16.5. The van der Waals surface area contributed by atoms with E-state index in [1.807, 2.05) is 0 Å². The zero-order chi connectivity index (χ0) is 23.5. The summed E-state index contributed by atoms with van der Waals surface area (Å²) in [6.45, 7) is 6.42. The van der Waals surface area contributed by atoms with Gasteiger partial charge in [-0.15, -0.1) is 0 Å². The summed E-state index contributed by atoms with van der Waals surface area (Å²) in [6, 6.07) is 17.0. The summed E-state index contributed by atoms with van der Waals surface area (Å²) in [4.78, 5) is 14.3. The summed E-state index contributed by atoms with van der Waals surface area (Å²) in [5.41, 5.74) is 3.61. The van der Waals surface area contributed by atoms with E-state index in [-0.39, 0.29) is 5.82 Å². The number of nitrogens with zero attached hydrogens (tertiary/aromatic N) is 4. The van der Waals surface area contributed by atoms with Crippen molar-refractivity contribution in [2.24, 2.45) is 5.92 Å². The Kier molecular flexibility index (Phi) is 6.58. The van der Waals surface area contributed by atoms with Crippen molar-refractivity contribution in [3.8, 4) is 0 Å². The third-order valence-corrected chi connectivity index (χ3v) is 6.68. The fourth-order valence-corrected chi connectivity index (χ4v) is 4.79. The molecule has 8 heteroatoms. The van der Waals surface area contributed by atoms with E-state index in [9.17, 15) is 4.39 Å². The number of piperidine rings is 1. The minimum atomic E-state index is -0.252. The summed E-state index contributed by atoms with van der Waals surface area (Å²) in [7, 11) is 0. The Balaban J connectivity index is 1.35. The predicted octanol–water partition coefficient (Wildman–Crippen LogP) is 4.86. The molecule has 0 saturated carbocycles. The monoisotopic (exact) mass is 476 g/mol. The van der Waals surface area contributed by atoms with E-state index < -0.39 is 0 Å². The minimum absolute atomic E-state index is 0.252. The molecule has 2 aliphatic heterocycles. The van der Waals surface area contributed by atoms with Crippen LogP contribution in [-0.2, 0) is 19.6 Å². The Morgan fingerprint density at radius 3 is 2.38 bits per heavy atom. The number of nitrogens with one attached hydrogen (secondary N) is 2. The van der Waals surface area contributed by atoms with Gasteiger partial charge in [-0.25, -0.2) is 4.39 Å². The highest BCUT2D eigenvalue weighted by Crippen LogP contribution is 2.31. The number of rotatable bonds is 5. The Morgan fingerprint density at radius 2 is 1.71 bits per heavy atom. The van der Waals surface area contributed by atoms with Crippen LogP contribution in [0, 0.1) is 11.7 Å². The number of aromatic nitrogens is 2. The van der Waals surface area contributed by atoms with Gasteiger partial charge >= 0.3 is 0 Å². The van der Waals surface area contributed by atoms with Gasteiger partial charge in [0.25, 0.3) is 0 Å². The molecule has 3 aromatic rings. The molecular formula is C26H29FN6S. The lowest BCUT2D eigenvalue weighted by atomic mass is 10.0. The molecule has 6 nitrogen and oxygen atoms in total. The number of halogens is 1. The molecule has 1 aromatic heterocycles. The van der Waals surface area contributed by atoms with E-state index in [2.05, 4.69) is 57.7 Å². The van der Waals surface area contributed by atoms with Crippen molar-refractivity contribution in [3.05, 3.63) is 77.1 Å². The topological polar surface area (TPSA) is 56.3 Å². The highest BCUT2D eigenvalue weighted by Gasteiger charge is 2.24. The van der Waals surface area contributed by atoms with E-state index in [1.54, 1.807) is 12.1 Å². The Labute approximate surface area is 205 Å². The zero-order valence-corrected chi connectivity index (χ0v) is 20.1. The number of hydrogen-bond donors (Lipinski definition) is 2. The normalized spacial score (nSPS) is 17.4. The summed E-state index contributed by atoms with van der Waals surface area (Å²) in [5.74, 6) is 2.69. The van der Waals surface area contributed by atoms with Gasteiger partial charge in [-0.3, -0.25) is 0 Å². The SMILES string of the molecule is C[C@@H]1CCCN(c2cc(N3Cc4ccccc4C3)nc(NC(=S)NCc3ccc(F)cc3)n2)C1. The second kappa shape index (κ2) is 9.93. The summed E-state index contributed by atoms with van der Waals surface area (Å²) in [5, 5.41) is 6.77. The van der Waals surface area contributed by atoms with Gasteiger partial charge in [0.05, 0.1) is 0 Å². The van der Waals surface area contributed by atoms with Crippen LogP contribution in [0.5, 0.6) is 0 Å². The molecule has 0 bridgehead atoms. The summed E-state index contributed by atoms with van der Waals surface area (Å²) < 4.78 is 13.2. The standard InChI is InChI=1S/C26H29FN6S/c1-18-5-4-12-32(15-18)23-13-24(33-16-20-6-2-3-7-21(20)17-33)30-25(29-23)31-26(34)28-14-19-8-10-22(27)11-9-19/h2-3,6-11,13,18H,4-5,12,14-17H2,1H3,(H2,28,29,30,31,34)/t18-/m1/s1. The third kappa shape index (κ3) is 5.28. The number of anilines is 3. The number of hydrogen-bond acceptors (Lipinski definition) is 5. The maximum Gasteiger partial charge on any atom is 0.232 e. The largest absolute Gasteiger partial charge is 0.358 e. The second-order valence-electron chi connectivity index (χ2n) is 9.16. The van der Waals surface area contributed by atoms with E-state index in [4.69, 9.17) is 22.2 Å².